The Kier molecular flexibility index (Phi) is 7.98. The van der Waals surface area contributed by atoms with Gasteiger partial charge in [0.05, 0.1) is 66.9 Å². The van der Waals surface area contributed by atoms with Crippen LogP contribution in [0.4, 0.5) is 11.4 Å². The molecule has 9 heteroatoms. The van der Waals surface area contributed by atoms with Crippen LogP contribution in [0.2, 0.25) is 5.02 Å². The molecule has 0 saturated heterocycles. The first kappa shape index (κ1) is 29.9. The van der Waals surface area contributed by atoms with Crippen LogP contribution in [0.15, 0.2) is 110 Å². The highest BCUT2D eigenvalue weighted by molar-refractivity contribution is 6.36. The molecule has 232 valence electrons. The number of aryl methyl sites for hydroxylation is 1. The molecule has 3 aromatic carbocycles. The summed E-state index contributed by atoms with van der Waals surface area (Å²) < 4.78 is 14.9. The minimum atomic E-state index is 0.580. The molecule has 7 rings (SSSR count). The Hall–Kier alpha value is -5.78. The third-order valence-electron chi connectivity index (χ3n) is 8.47. The Labute approximate surface area is 277 Å². The number of nitrogens with zero attached hydrogens (tertiary/aromatic N) is 6. The summed E-state index contributed by atoms with van der Waals surface area (Å²) >= 11 is 7.39. The van der Waals surface area contributed by atoms with E-state index in [-0.39, 0.29) is 0 Å². The van der Waals surface area contributed by atoms with E-state index in [0.717, 1.165) is 67.1 Å². The molecule has 4 aromatic heterocycles. The van der Waals surface area contributed by atoms with Crippen molar-refractivity contribution in [3.05, 3.63) is 143 Å². The number of methoxy groups -OCH3 is 2. The summed E-state index contributed by atoms with van der Waals surface area (Å²) in [4.78, 5) is 15.0. The van der Waals surface area contributed by atoms with E-state index in [1.807, 2.05) is 66.3 Å². The molecule has 0 N–H and O–H groups in total. The van der Waals surface area contributed by atoms with Gasteiger partial charge in [0.25, 0.3) is 0 Å². The van der Waals surface area contributed by atoms with Crippen LogP contribution in [0, 0.1) is 13.5 Å². The van der Waals surface area contributed by atoms with Gasteiger partial charge in [0.2, 0.25) is 0 Å². The number of hydrogen-bond donors (Lipinski definition) is 0. The molecule has 0 amide bonds. The third-order valence-corrected chi connectivity index (χ3v) is 8.87. The van der Waals surface area contributed by atoms with Crippen molar-refractivity contribution in [2.75, 3.05) is 19.1 Å². The maximum atomic E-state index is 7.82. The lowest BCUT2D eigenvalue weighted by atomic mass is 10.0. The molecular formula is C38H31ClN6O2. The standard InChI is InChI=1S/C38H31ClN6O2/c1-25-15-36-32(16-35(25)40-2)34(23-45(36)29-10-9-28-17-42-24-44(28)22-29)33-18-41-19-37(38(33)39)43(20-26-5-11-30(46-3)12-6-26)21-27-7-13-31(47-4)14-8-27/h5-19,22-24H,20-21H2,1,3-4H3. The lowest BCUT2D eigenvalue weighted by Crippen LogP contribution is -2.22. The predicted molar refractivity (Wildman–Crippen MR) is 187 cm³/mol. The molecule has 0 unspecified atom stereocenters. The Balaban J connectivity index is 1.37. The van der Waals surface area contributed by atoms with E-state index in [0.29, 0.717) is 23.8 Å². The highest BCUT2D eigenvalue weighted by Crippen LogP contribution is 2.42. The van der Waals surface area contributed by atoms with E-state index >= 15 is 0 Å². The number of aromatic nitrogens is 4. The number of hydrogen-bond acceptors (Lipinski definition) is 5. The molecule has 8 nitrogen and oxygen atoms in total. The third kappa shape index (κ3) is 5.73. The van der Waals surface area contributed by atoms with Crippen LogP contribution < -0.4 is 14.4 Å². The molecule has 0 spiro atoms. The van der Waals surface area contributed by atoms with Crippen molar-refractivity contribution in [1.82, 2.24) is 18.9 Å². The first-order valence-corrected chi connectivity index (χ1v) is 15.4. The van der Waals surface area contributed by atoms with Crippen molar-refractivity contribution in [2.45, 2.75) is 20.0 Å². The van der Waals surface area contributed by atoms with Crippen LogP contribution >= 0.6 is 11.6 Å². The van der Waals surface area contributed by atoms with E-state index in [1.54, 1.807) is 26.7 Å². The number of pyridine rings is 2. The molecule has 0 saturated carbocycles. The summed E-state index contributed by atoms with van der Waals surface area (Å²) in [7, 11) is 3.33. The quantitative estimate of drug-likeness (QED) is 0.148. The molecule has 0 aliphatic rings. The average molecular weight is 639 g/mol. The summed E-state index contributed by atoms with van der Waals surface area (Å²) in [6.07, 6.45) is 11.4. The monoisotopic (exact) mass is 638 g/mol. The fourth-order valence-corrected chi connectivity index (χ4v) is 6.25. The van der Waals surface area contributed by atoms with Gasteiger partial charge in [-0.25, -0.2) is 9.83 Å². The summed E-state index contributed by atoms with van der Waals surface area (Å²) in [5, 5.41) is 1.50. The van der Waals surface area contributed by atoms with Crippen LogP contribution in [0.3, 0.4) is 0 Å². The second-order valence-electron chi connectivity index (χ2n) is 11.4. The number of rotatable bonds is 9. The molecule has 0 bridgehead atoms. The fraction of sp³-hybridized carbons (Fsp3) is 0.132. The Bertz CT molecular complexity index is 2220. The summed E-state index contributed by atoms with van der Waals surface area (Å²) in [5.74, 6) is 1.60. The van der Waals surface area contributed by atoms with Crippen LogP contribution in [0.5, 0.6) is 11.5 Å². The van der Waals surface area contributed by atoms with Crippen LogP contribution in [0.25, 0.3) is 38.1 Å². The van der Waals surface area contributed by atoms with Gasteiger partial charge in [0.1, 0.15) is 11.5 Å². The lowest BCUT2D eigenvalue weighted by Gasteiger charge is -2.27. The molecule has 0 fully saturated rings. The number of fused-ring (bicyclic) bond motifs is 2. The molecule has 0 atom stereocenters. The van der Waals surface area contributed by atoms with Crippen molar-refractivity contribution in [2.24, 2.45) is 0 Å². The highest BCUT2D eigenvalue weighted by atomic mass is 35.5. The van der Waals surface area contributed by atoms with Crippen LogP contribution in [0.1, 0.15) is 16.7 Å². The van der Waals surface area contributed by atoms with E-state index < -0.39 is 0 Å². The first-order chi connectivity index (χ1) is 22.9. The van der Waals surface area contributed by atoms with Gasteiger partial charge in [-0.3, -0.25) is 4.98 Å². The lowest BCUT2D eigenvalue weighted by molar-refractivity contribution is 0.414. The molecule has 0 aliphatic heterocycles. The van der Waals surface area contributed by atoms with Gasteiger partial charge in [-0.05, 0) is 77.5 Å². The van der Waals surface area contributed by atoms with Gasteiger partial charge in [-0.15, -0.1) is 0 Å². The van der Waals surface area contributed by atoms with Gasteiger partial charge in [-0.1, -0.05) is 35.9 Å². The zero-order valence-electron chi connectivity index (χ0n) is 26.2. The van der Waals surface area contributed by atoms with Crippen molar-refractivity contribution < 1.29 is 9.47 Å². The fourth-order valence-electron chi connectivity index (χ4n) is 5.93. The SMILES string of the molecule is [C-]#[N+]c1cc2c(-c3cncc(N(Cc4ccc(OC)cc4)Cc4ccc(OC)cc4)c3Cl)cn(-c3ccc4cncn4c3)c2cc1C. The predicted octanol–water partition coefficient (Wildman–Crippen LogP) is 9.08. The second-order valence-corrected chi connectivity index (χ2v) is 11.7. The number of anilines is 1. The van der Waals surface area contributed by atoms with Gasteiger partial charge < -0.3 is 23.3 Å². The summed E-state index contributed by atoms with van der Waals surface area (Å²) in [5.41, 5.74) is 9.12. The Morgan fingerprint density at radius 2 is 1.49 bits per heavy atom. The number of halogens is 1. The number of imidazole rings is 1. The zero-order valence-corrected chi connectivity index (χ0v) is 26.9. The van der Waals surface area contributed by atoms with Crippen molar-refractivity contribution in [3.63, 3.8) is 0 Å². The molecule has 0 radical (unpaired) electrons. The zero-order chi connectivity index (χ0) is 32.5. The molecular weight excluding hydrogens is 608 g/mol. The molecule has 0 aliphatic carbocycles. The maximum Gasteiger partial charge on any atom is 0.190 e. The maximum absolute atomic E-state index is 7.82. The van der Waals surface area contributed by atoms with E-state index in [4.69, 9.17) is 32.6 Å². The van der Waals surface area contributed by atoms with Gasteiger partial charge >= 0.3 is 0 Å². The first-order valence-electron chi connectivity index (χ1n) is 15.1. The smallest absolute Gasteiger partial charge is 0.190 e. The minimum absolute atomic E-state index is 0.580. The normalized spacial score (nSPS) is 11.1. The number of ether oxygens (including phenoxy) is 2. The highest BCUT2D eigenvalue weighted by Gasteiger charge is 2.21. The number of benzene rings is 3. The molecule has 47 heavy (non-hydrogen) atoms. The summed E-state index contributed by atoms with van der Waals surface area (Å²) in [6, 6.07) is 24.2. The van der Waals surface area contributed by atoms with Gasteiger partial charge in [-0.2, -0.15) is 0 Å². The van der Waals surface area contributed by atoms with E-state index in [1.165, 1.54) is 0 Å². The summed E-state index contributed by atoms with van der Waals surface area (Å²) in [6.45, 7) is 11.0. The Morgan fingerprint density at radius 1 is 0.809 bits per heavy atom. The van der Waals surface area contributed by atoms with E-state index in [2.05, 4.69) is 61.9 Å². The minimum Gasteiger partial charge on any atom is -0.497 e. The van der Waals surface area contributed by atoms with Crippen LogP contribution in [-0.4, -0.2) is 33.2 Å². The topological polar surface area (TPSA) is 61.2 Å². The van der Waals surface area contributed by atoms with E-state index in [9.17, 15) is 0 Å². The molecule has 7 aromatic rings. The second kappa shape index (κ2) is 12.5. The van der Waals surface area contributed by atoms with Crippen molar-refractivity contribution in [1.29, 1.82) is 0 Å². The van der Waals surface area contributed by atoms with Gasteiger partial charge in [0.15, 0.2) is 5.69 Å². The van der Waals surface area contributed by atoms with Gasteiger partial charge in [0, 0.05) is 42.8 Å². The van der Waals surface area contributed by atoms with Crippen molar-refractivity contribution in [3.8, 4) is 28.3 Å². The largest absolute Gasteiger partial charge is 0.497 e. The molecule has 4 heterocycles. The van der Waals surface area contributed by atoms with Crippen LogP contribution in [-0.2, 0) is 13.1 Å². The Morgan fingerprint density at radius 3 is 2.13 bits per heavy atom. The average Bonchev–Trinajstić information content (AvgIpc) is 3.72. The van der Waals surface area contributed by atoms with Crippen molar-refractivity contribution >= 4 is 39.4 Å².